The molecule has 3 N–H and O–H groups in total. The van der Waals surface area contributed by atoms with E-state index >= 15 is 0 Å². The van der Waals surface area contributed by atoms with Crippen LogP contribution in [0, 0.1) is 5.92 Å². The first-order chi connectivity index (χ1) is 11.5. The van der Waals surface area contributed by atoms with Crippen LogP contribution in [-0.4, -0.2) is 36.6 Å². The van der Waals surface area contributed by atoms with Gasteiger partial charge in [-0.15, -0.1) is 11.3 Å². The summed E-state index contributed by atoms with van der Waals surface area (Å²) in [5.74, 6) is 0.554. The Morgan fingerprint density at radius 1 is 1.54 bits per heavy atom. The lowest BCUT2D eigenvalue weighted by Gasteiger charge is -2.17. The van der Waals surface area contributed by atoms with Crippen LogP contribution in [0.2, 0.25) is 0 Å². The zero-order chi connectivity index (χ0) is 17.3. The fourth-order valence-corrected chi connectivity index (χ4v) is 3.76. The number of thiophene rings is 1. The summed E-state index contributed by atoms with van der Waals surface area (Å²) in [5, 5.41) is 4.78. The molecule has 2 amide bonds. The number of aromatic nitrogens is 1. The van der Waals surface area contributed by atoms with E-state index < -0.39 is 5.91 Å². The summed E-state index contributed by atoms with van der Waals surface area (Å²) in [4.78, 5) is 27.4. The number of nitrogens with two attached hydrogens (primary N) is 1. The summed E-state index contributed by atoms with van der Waals surface area (Å²) >= 11 is 1.42. The van der Waals surface area contributed by atoms with Crippen molar-refractivity contribution in [3.05, 3.63) is 17.0 Å². The topological polar surface area (TPSA) is 104 Å². The average molecular weight is 349 g/mol. The van der Waals surface area contributed by atoms with Gasteiger partial charge in [0, 0.05) is 11.8 Å². The summed E-state index contributed by atoms with van der Waals surface area (Å²) in [6, 6.07) is 1.66. The molecule has 3 rings (SSSR count). The van der Waals surface area contributed by atoms with E-state index in [2.05, 4.69) is 17.2 Å². The van der Waals surface area contributed by atoms with Crippen LogP contribution in [0.25, 0.3) is 10.2 Å². The molecule has 2 aromatic heterocycles. The molecule has 7 nitrogen and oxygen atoms in total. The number of rotatable bonds is 6. The van der Waals surface area contributed by atoms with E-state index in [1.807, 2.05) is 5.38 Å². The first-order valence-electron chi connectivity index (χ1n) is 7.71. The molecule has 2 atom stereocenters. The third-order valence-corrected chi connectivity index (χ3v) is 5.14. The molecule has 2 aromatic rings. The van der Waals surface area contributed by atoms with E-state index in [1.165, 1.54) is 18.4 Å². The lowest BCUT2D eigenvalue weighted by atomic mass is 9.98. The van der Waals surface area contributed by atoms with Gasteiger partial charge in [-0.1, -0.05) is 13.3 Å². The second-order valence-corrected chi connectivity index (χ2v) is 6.62. The van der Waals surface area contributed by atoms with Gasteiger partial charge in [0.25, 0.3) is 5.91 Å². The van der Waals surface area contributed by atoms with Gasteiger partial charge < -0.3 is 20.5 Å². The molecule has 8 heteroatoms. The van der Waals surface area contributed by atoms with Gasteiger partial charge in [0.1, 0.15) is 17.7 Å². The monoisotopic (exact) mass is 349 g/mol. The number of hydrogen-bond donors (Lipinski definition) is 2. The molecular weight excluding hydrogens is 330 g/mol. The molecular formula is C16H19N3O4S. The van der Waals surface area contributed by atoms with Gasteiger partial charge in [-0.3, -0.25) is 9.59 Å². The van der Waals surface area contributed by atoms with Gasteiger partial charge in [-0.25, -0.2) is 4.98 Å². The van der Waals surface area contributed by atoms with Gasteiger partial charge >= 0.3 is 0 Å². The first-order valence-corrected chi connectivity index (χ1v) is 8.59. The molecule has 3 heterocycles. The average Bonchev–Trinajstić information content (AvgIpc) is 3.13. The zero-order valence-corrected chi connectivity index (χ0v) is 14.3. The zero-order valence-electron chi connectivity index (χ0n) is 13.5. The first kappa shape index (κ1) is 16.5. The number of pyridine rings is 1. The predicted octanol–water partition coefficient (Wildman–Crippen LogP) is 1.70. The second-order valence-electron chi connectivity index (χ2n) is 5.71. The summed E-state index contributed by atoms with van der Waals surface area (Å²) in [5.41, 5.74) is 6.21. The van der Waals surface area contributed by atoms with Crippen LogP contribution in [-0.2, 0) is 4.79 Å². The molecule has 128 valence electrons. The van der Waals surface area contributed by atoms with E-state index in [0.717, 1.165) is 11.1 Å². The second kappa shape index (κ2) is 6.64. The van der Waals surface area contributed by atoms with Crippen molar-refractivity contribution >= 4 is 33.4 Å². The van der Waals surface area contributed by atoms with E-state index in [-0.39, 0.29) is 29.3 Å². The number of hydrogen-bond acceptors (Lipinski definition) is 6. The summed E-state index contributed by atoms with van der Waals surface area (Å²) < 4.78 is 11.8. The summed E-state index contributed by atoms with van der Waals surface area (Å²) in [7, 11) is 1.44. The van der Waals surface area contributed by atoms with Crippen LogP contribution < -0.4 is 20.5 Å². The molecule has 1 fully saturated rings. The Morgan fingerprint density at radius 3 is 3.00 bits per heavy atom. The molecule has 1 saturated heterocycles. The molecule has 2 unspecified atom stereocenters. The Kier molecular flexibility index (Phi) is 4.57. The standard InChI is InChI=1S/C16H19N3O4S/c1-3-8-4-13(20)18-10(8)6-23-11-7-24-12-5-9(15(17)21)16(22-2)19-14(11)12/h5,7-8,10H,3-4,6H2,1-2H3,(H2,17,21)(H,18,20). The van der Waals surface area contributed by atoms with Crippen molar-refractivity contribution in [3.8, 4) is 11.6 Å². The van der Waals surface area contributed by atoms with E-state index in [0.29, 0.717) is 24.3 Å². The van der Waals surface area contributed by atoms with Crippen molar-refractivity contribution in [1.82, 2.24) is 10.3 Å². The number of nitrogens with zero attached hydrogens (tertiary/aromatic N) is 1. The minimum atomic E-state index is -0.587. The fraction of sp³-hybridized carbons (Fsp3) is 0.438. The molecule has 0 bridgehead atoms. The number of methoxy groups -OCH3 is 1. The largest absolute Gasteiger partial charge is 0.488 e. The Bertz CT molecular complexity index is 789. The van der Waals surface area contributed by atoms with Crippen LogP contribution in [0.15, 0.2) is 11.4 Å². The van der Waals surface area contributed by atoms with Crippen LogP contribution in [0.1, 0.15) is 30.1 Å². The van der Waals surface area contributed by atoms with Crippen molar-refractivity contribution in [3.63, 3.8) is 0 Å². The maximum absolute atomic E-state index is 11.5. The lowest BCUT2D eigenvalue weighted by molar-refractivity contribution is -0.119. The summed E-state index contributed by atoms with van der Waals surface area (Å²) in [6.45, 7) is 2.45. The highest BCUT2D eigenvalue weighted by atomic mass is 32.1. The Labute approximate surface area is 143 Å². The number of amides is 2. The van der Waals surface area contributed by atoms with E-state index in [9.17, 15) is 9.59 Å². The smallest absolute Gasteiger partial charge is 0.254 e. The lowest BCUT2D eigenvalue weighted by Crippen LogP contribution is -2.34. The Hall–Kier alpha value is -2.35. The predicted molar refractivity (Wildman–Crippen MR) is 90.5 cm³/mol. The van der Waals surface area contributed by atoms with Crippen molar-refractivity contribution in [1.29, 1.82) is 0 Å². The number of carbonyl (C=O) groups excluding carboxylic acids is 2. The van der Waals surface area contributed by atoms with E-state index in [1.54, 1.807) is 6.07 Å². The number of ether oxygens (including phenoxy) is 2. The number of primary amides is 1. The Morgan fingerprint density at radius 2 is 2.33 bits per heavy atom. The highest BCUT2D eigenvalue weighted by Gasteiger charge is 2.31. The summed E-state index contributed by atoms with van der Waals surface area (Å²) in [6.07, 6.45) is 1.47. The fourth-order valence-electron chi connectivity index (χ4n) is 2.90. The van der Waals surface area contributed by atoms with Crippen molar-refractivity contribution in [2.24, 2.45) is 11.7 Å². The van der Waals surface area contributed by atoms with Crippen LogP contribution in [0.4, 0.5) is 0 Å². The Balaban J connectivity index is 1.83. The third kappa shape index (κ3) is 3.01. The van der Waals surface area contributed by atoms with Gasteiger partial charge in [0.05, 0.1) is 17.9 Å². The van der Waals surface area contributed by atoms with Gasteiger partial charge in [0.15, 0.2) is 5.75 Å². The van der Waals surface area contributed by atoms with Crippen molar-refractivity contribution < 1.29 is 19.1 Å². The van der Waals surface area contributed by atoms with Crippen molar-refractivity contribution in [2.75, 3.05) is 13.7 Å². The normalized spacial score (nSPS) is 20.2. The van der Waals surface area contributed by atoms with Gasteiger partial charge in [-0.05, 0) is 12.0 Å². The van der Waals surface area contributed by atoms with Gasteiger partial charge in [-0.2, -0.15) is 0 Å². The molecule has 0 aliphatic carbocycles. The van der Waals surface area contributed by atoms with Gasteiger partial charge in [0.2, 0.25) is 11.8 Å². The molecule has 1 aliphatic heterocycles. The minimum Gasteiger partial charge on any atom is -0.488 e. The maximum Gasteiger partial charge on any atom is 0.254 e. The molecule has 0 spiro atoms. The van der Waals surface area contributed by atoms with Crippen LogP contribution in [0.5, 0.6) is 11.6 Å². The SMILES string of the molecule is CCC1CC(=O)NC1COc1csc2cc(C(N)=O)c(OC)nc12. The molecule has 24 heavy (non-hydrogen) atoms. The molecule has 0 radical (unpaired) electrons. The highest BCUT2D eigenvalue weighted by molar-refractivity contribution is 7.17. The molecule has 0 aromatic carbocycles. The number of carbonyl (C=O) groups is 2. The molecule has 1 aliphatic rings. The van der Waals surface area contributed by atoms with Crippen LogP contribution >= 0.6 is 11.3 Å². The van der Waals surface area contributed by atoms with Crippen LogP contribution in [0.3, 0.4) is 0 Å². The number of fused-ring (bicyclic) bond motifs is 1. The van der Waals surface area contributed by atoms with E-state index in [4.69, 9.17) is 15.2 Å². The molecule has 0 saturated carbocycles. The third-order valence-electron chi connectivity index (χ3n) is 4.24. The maximum atomic E-state index is 11.5. The number of nitrogens with one attached hydrogen (secondary N) is 1. The minimum absolute atomic E-state index is 0.00392. The van der Waals surface area contributed by atoms with Crippen molar-refractivity contribution in [2.45, 2.75) is 25.8 Å². The quantitative estimate of drug-likeness (QED) is 0.826. The highest BCUT2D eigenvalue weighted by Crippen LogP contribution is 2.34.